The molecule has 0 spiro atoms. The van der Waals surface area contributed by atoms with Gasteiger partial charge in [-0.15, -0.1) is 0 Å². The molecule has 0 bridgehead atoms. The Morgan fingerprint density at radius 1 is 1.24 bits per heavy atom. The van der Waals surface area contributed by atoms with E-state index in [-0.39, 0.29) is 12.2 Å². The number of rotatable bonds is 4. The molecule has 1 aromatic rings. The van der Waals surface area contributed by atoms with Crippen LogP contribution in [0.15, 0.2) is 12.4 Å². The van der Waals surface area contributed by atoms with Crippen LogP contribution in [0, 0.1) is 0 Å². The lowest BCUT2D eigenvalue weighted by atomic mass is 10.3. The molecule has 0 amide bonds. The maximum absolute atomic E-state index is 5.51. The van der Waals surface area contributed by atoms with Gasteiger partial charge in [-0.05, 0) is 0 Å². The highest BCUT2D eigenvalue weighted by molar-refractivity contribution is 5.33. The standard InChI is InChI=1S/C11H18N4O2/c1-16-9-6-15(7-10(9)17-2)11-13-4-8(3-12)5-14-11/h4-5,9-10H,3,6-7,12H2,1-2H3. The van der Waals surface area contributed by atoms with Crippen molar-refractivity contribution >= 4 is 5.95 Å². The number of nitrogens with two attached hydrogens (primary N) is 1. The second-order valence-corrected chi connectivity index (χ2v) is 4.05. The third-order valence-electron chi connectivity index (χ3n) is 3.03. The Bertz CT molecular complexity index is 345. The minimum atomic E-state index is 0.0674. The predicted molar refractivity (Wildman–Crippen MR) is 63.7 cm³/mol. The summed E-state index contributed by atoms with van der Waals surface area (Å²) in [5.74, 6) is 0.698. The van der Waals surface area contributed by atoms with Gasteiger partial charge in [-0.3, -0.25) is 0 Å². The van der Waals surface area contributed by atoms with Crippen LogP contribution >= 0.6 is 0 Å². The first-order valence-corrected chi connectivity index (χ1v) is 5.60. The van der Waals surface area contributed by atoms with Crippen LogP contribution in [0.4, 0.5) is 5.95 Å². The van der Waals surface area contributed by atoms with Crippen LogP contribution < -0.4 is 10.6 Å². The summed E-state index contributed by atoms with van der Waals surface area (Å²) in [4.78, 5) is 10.6. The van der Waals surface area contributed by atoms with Gasteiger partial charge in [0.2, 0.25) is 5.95 Å². The number of nitrogens with zero attached hydrogens (tertiary/aromatic N) is 3. The first kappa shape index (κ1) is 12.2. The van der Waals surface area contributed by atoms with Crippen molar-refractivity contribution in [3.8, 4) is 0 Å². The van der Waals surface area contributed by atoms with Gasteiger partial charge in [0.05, 0.1) is 0 Å². The first-order chi connectivity index (χ1) is 8.28. The zero-order valence-corrected chi connectivity index (χ0v) is 10.2. The molecule has 0 aromatic carbocycles. The molecule has 2 heterocycles. The third-order valence-corrected chi connectivity index (χ3v) is 3.03. The van der Waals surface area contributed by atoms with E-state index in [0.717, 1.165) is 18.7 Å². The highest BCUT2D eigenvalue weighted by Crippen LogP contribution is 2.19. The van der Waals surface area contributed by atoms with Crippen LogP contribution in [0.1, 0.15) is 5.56 Å². The largest absolute Gasteiger partial charge is 0.377 e. The van der Waals surface area contributed by atoms with Gasteiger partial charge in [-0.1, -0.05) is 0 Å². The minimum Gasteiger partial charge on any atom is -0.377 e. The fourth-order valence-corrected chi connectivity index (χ4v) is 1.98. The van der Waals surface area contributed by atoms with Crippen molar-refractivity contribution in [3.63, 3.8) is 0 Å². The summed E-state index contributed by atoms with van der Waals surface area (Å²) in [5.41, 5.74) is 6.44. The summed E-state index contributed by atoms with van der Waals surface area (Å²) in [6.45, 7) is 1.95. The molecule has 0 saturated carbocycles. The smallest absolute Gasteiger partial charge is 0.225 e. The minimum absolute atomic E-state index is 0.0674. The van der Waals surface area contributed by atoms with Crippen LogP contribution in [-0.2, 0) is 16.0 Å². The number of hydrogen-bond donors (Lipinski definition) is 1. The normalized spacial score (nSPS) is 24.3. The highest BCUT2D eigenvalue weighted by atomic mass is 16.5. The van der Waals surface area contributed by atoms with E-state index in [2.05, 4.69) is 14.9 Å². The van der Waals surface area contributed by atoms with E-state index in [9.17, 15) is 0 Å². The fraction of sp³-hybridized carbons (Fsp3) is 0.636. The van der Waals surface area contributed by atoms with Crippen molar-refractivity contribution in [1.82, 2.24) is 9.97 Å². The van der Waals surface area contributed by atoms with Gasteiger partial charge >= 0.3 is 0 Å². The van der Waals surface area contributed by atoms with E-state index in [1.165, 1.54) is 0 Å². The van der Waals surface area contributed by atoms with Gasteiger partial charge in [-0.2, -0.15) is 0 Å². The van der Waals surface area contributed by atoms with E-state index in [1.54, 1.807) is 26.6 Å². The first-order valence-electron chi connectivity index (χ1n) is 5.60. The van der Waals surface area contributed by atoms with Crippen molar-refractivity contribution in [2.45, 2.75) is 18.8 Å². The van der Waals surface area contributed by atoms with Crippen LogP contribution in [-0.4, -0.2) is 49.5 Å². The Balaban J connectivity index is 2.07. The number of methoxy groups -OCH3 is 2. The molecular formula is C11H18N4O2. The Hall–Kier alpha value is -1.24. The summed E-state index contributed by atoms with van der Waals surface area (Å²) in [5, 5.41) is 0. The van der Waals surface area contributed by atoms with Gasteiger partial charge < -0.3 is 20.1 Å². The Morgan fingerprint density at radius 3 is 2.18 bits per heavy atom. The Kier molecular flexibility index (Phi) is 3.88. The lowest BCUT2D eigenvalue weighted by molar-refractivity contribution is -0.00461. The molecule has 2 atom stereocenters. The maximum Gasteiger partial charge on any atom is 0.225 e. The predicted octanol–water partition coefficient (Wildman–Crippen LogP) is -0.215. The van der Waals surface area contributed by atoms with Crippen LogP contribution in [0.3, 0.4) is 0 Å². The monoisotopic (exact) mass is 238 g/mol. The van der Waals surface area contributed by atoms with Crippen LogP contribution in [0.25, 0.3) is 0 Å². The zero-order valence-electron chi connectivity index (χ0n) is 10.2. The van der Waals surface area contributed by atoms with Gasteiger partial charge in [0.15, 0.2) is 0 Å². The lowest BCUT2D eigenvalue weighted by Gasteiger charge is -2.15. The summed E-state index contributed by atoms with van der Waals surface area (Å²) >= 11 is 0. The molecule has 1 aromatic heterocycles. The summed E-state index contributed by atoms with van der Waals surface area (Å²) in [6, 6.07) is 0. The topological polar surface area (TPSA) is 73.5 Å². The van der Waals surface area contributed by atoms with E-state index in [4.69, 9.17) is 15.2 Å². The second kappa shape index (κ2) is 5.39. The van der Waals surface area contributed by atoms with E-state index >= 15 is 0 Å². The molecule has 6 heteroatoms. The summed E-state index contributed by atoms with van der Waals surface area (Å²) < 4.78 is 10.7. The SMILES string of the molecule is COC1CN(c2ncc(CN)cn2)CC1OC. The molecule has 6 nitrogen and oxygen atoms in total. The van der Waals surface area contributed by atoms with Crippen molar-refractivity contribution in [1.29, 1.82) is 0 Å². The van der Waals surface area contributed by atoms with E-state index in [0.29, 0.717) is 12.5 Å². The van der Waals surface area contributed by atoms with Crippen molar-refractivity contribution in [3.05, 3.63) is 18.0 Å². The molecule has 0 aliphatic carbocycles. The summed E-state index contributed by atoms with van der Waals surface area (Å²) in [6.07, 6.45) is 3.64. The molecule has 1 aliphatic rings. The Labute approximate surface area is 101 Å². The number of aromatic nitrogens is 2. The molecule has 0 radical (unpaired) electrons. The molecule has 1 aliphatic heterocycles. The molecule has 2 rings (SSSR count). The van der Waals surface area contributed by atoms with Crippen molar-refractivity contribution in [2.24, 2.45) is 5.73 Å². The van der Waals surface area contributed by atoms with Crippen molar-refractivity contribution in [2.75, 3.05) is 32.2 Å². The van der Waals surface area contributed by atoms with Gasteiger partial charge in [0.25, 0.3) is 0 Å². The number of ether oxygens (including phenoxy) is 2. The molecule has 2 N–H and O–H groups in total. The van der Waals surface area contributed by atoms with E-state index in [1.807, 2.05) is 0 Å². The van der Waals surface area contributed by atoms with Gasteiger partial charge in [0.1, 0.15) is 12.2 Å². The van der Waals surface area contributed by atoms with Gasteiger partial charge in [0, 0.05) is 51.8 Å². The summed E-state index contributed by atoms with van der Waals surface area (Å²) in [7, 11) is 3.39. The zero-order chi connectivity index (χ0) is 12.3. The Morgan fingerprint density at radius 2 is 1.76 bits per heavy atom. The van der Waals surface area contributed by atoms with Crippen molar-refractivity contribution < 1.29 is 9.47 Å². The van der Waals surface area contributed by atoms with Crippen LogP contribution in [0.5, 0.6) is 0 Å². The average molecular weight is 238 g/mol. The van der Waals surface area contributed by atoms with Gasteiger partial charge in [-0.25, -0.2) is 9.97 Å². The molecular weight excluding hydrogens is 220 g/mol. The molecule has 2 unspecified atom stereocenters. The molecule has 94 valence electrons. The van der Waals surface area contributed by atoms with Crippen LogP contribution in [0.2, 0.25) is 0 Å². The van der Waals surface area contributed by atoms with E-state index < -0.39 is 0 Å². The molecule has 1 fully saturated rings. The second-order valence-electron chi connectivity index (χ2n) is 4.05. The quantitative estimate of drug-likeness (QED) is 0.782. The maximum atomic E-state index is 5.51. The number of anilines is 1. The molecule has 17 heavy (non-hydrogen) atoms. The third kappa shape index (κ3) is 2.54. The number of hydrogen-bond acceptors (Lipinski definition) is 6. The fourth-order valence-electron chi connectivity index (χ4n) is 1.98. The lowest BCUT2D eigenvalue weighted by Crippen LogP contribution is -2.27. The average Bonchev–Trinajstić information content (AvgIpc) is 2.82. The highest BCUT2D eigenvalue weighted by Gasteiger charge is 2.34. The molecule has 1 saturated heterocycles.